The molecule has 0 rings (SSSR count). The van der Waals surface area contributed by atoms with Crippen LogP contribution in [0.25, 0.3) is 0 Å². The van der Waals surface area contributed by atoms with Crippen molar-refractivity contribution in [2.75, 3.05) is 7.05 Å². The van der Waals surface area contributed by atoms with E-state index < -0.39 is 6.18 Å². The van der Waals surface area contributed by atoms with E-state index in [1.807, 2.05) is 0 Å². The lowest BCUT2D eigenvalue weighted by atomic mass is 10.6. The Morgan fingerprint density at radius 3 is 2.27 bits per heavy atom. The van der Waals surface area contributed by atoms with Crippen LogP contribution in [-0.4, -0.2) is 24.4 Å². The van der Waals surface area contributed by atoms with Crippen LogP contribution in [0.15, 0.2) is 17.4 Å². The highest BCUT2D eigenvalue weighted by Crippen LogP contribution is 2.11. The first kappa shape index (κ1) is 10.0. The topological polar surface area (TPSA) is 15.6 Å². The van der Waals surface area contributed by atoms with Gasteiger partial charge in [0.1, 0.15) is 6.21 Å². The van der Waals surface area contributed by atoms with E-state index in [0.29, 0.717) is 5.70 Å². The van der Waals surface area contributed by atoms with Crippen LogP contribution in [0.1, 0.15) is 6.92 Å². The number of hydrazone groups is 1. The molecule has 0 saturated carbocycles. The zero-order chi connectivity index (χ0) is 9.07. The summed E-state index contributed by atoms with van der Waals surface area (Å²) < 4.78 is 34.4. The molecular weight excluding hydrogens is 157 g/mol. The summed E-state index contributed by atoms with van der Waals surface area (Å²) in [5.41, 5.74) is 0.450. The van der Waals surface area contributed by atoms with E-state index in [9.17, 15) is 13.2 Å². The molecule has 0 bridgehead atoms. The molecule has 0 fully saturated rings. The van der Waals surface area contributed by atoms with Crippen molar-refractivity contribution in [1.82, 2.24) is 5.01 Å². The summed E-state index contributed by atoms with van der Waals surface area (Å²) in [6.45, 7) is 4.96. The summed E-state index contributed by atoms with van der Waals surface area (Å²) in [6.07, 6.45) is -4.44. The summed E-state index contributed by atoms with van der Waals surface area (Å²) in [6, 6.07) is 0. The maximum absolute atomic E-state index is 11.5. The lowest BCUT2D eigenvalue weighted by molar-refractivity contribution is -0.0545. The van der Waals surface area contributed by atoms with Gasteiger partial charge in [0.05, 0.1) is 0 Å². The van der Waals surface area contributed by atoms with E-state index in [0.717, 1.165) is 5.01 Å². The van der Waals surface area contributed by atoms with Gasteiger partial charge in [-0.05, 0) is 6.92 Å². The van der Waals surface area contributed by atoms with Crippen LogP contribution >= 0.6 is 0 Å². The molecule has 0 aliphatic heterocycles. The van der Waals surface area contributed by atoms with Crippen LogP contribution in [0.2, 0.25) is 0 Å². The van der Waals surface area contributed by atoms with Crippen LogP contribution in [0, 0.1) is 0 Å². The van der Waals surface area contributed by atoms with Gasteiger partial charge in [0, 0.05) is 12.7 Å². The van der Waals surface area contributed by atoms with Gasteiger partial charge in [-0.25, -0.2) is 0 Å². The Morgan fingerprint density at radius 2 is 2.00 bits per heavy atom. The van der Waals surface area contributed by atoms with Crippen LogP contribution < -0.4 is 0 Å². The van der Waals surface area contributed by atoms with Gasteiger partial charge in [-0.15, -0.1) is 0 Å². The van der Waals surface area contributed by atoms with E-state index >= 15 is 0 Å². The first-order valence-electron chi connectivity index (χ1n) is 2.84. The van der Waals surface area contributed by atoms with Crippen molar-refractivity contribution in [3.05, 3.63) is 12.3 Å². The van der Waals surface area contributed by atoms with Crippen molar-refractivity contribution in [3.8, 4) is 0 Å². The molecule has 11 heavy (non-hydrogen) atoms. The lowest BCUT2D eigenvalue weighted by Gasteiger charge is -2.11. The molecule has 0 aliphatic rings. The summed E-state index contributed by atoms with van der Waals surface area (Å²) in [5.74, 6) is 0. The van der Waals surface area contributed by atoms with Crippen molar-refractivity contribution < 1.29 is 13.2 Å². The van der Waals surface area contributed by atoms with Crippen LogP contribution in [-0.2, 0) is 0 Å². The summed E-state index contributed by atoms with van der Waals surface area (Å²) in [4.78, 5) is 0. The van der Waals surface area contributed by atoms with Gasteiger partial charge in [0.2, 0.25) is 0 Å². The van der Waals surface area contributed by atoms with E-state index in [4.69, 9.17) is 0 Å². The minimum Gasteiger partial charge on any atom is -0.274 e. The van der Waals surface area contributed by atoms with Crippen molar-refractivity contribution in [2.24, 2.45) is 5.10 Å². The minimum absolute atomic E-state index is 0.0817. The minimum atomic E-state index is -4.36. The molecule has 0 unspecified atom stereocenters. The SMILES string of the molecule is C=C(C)N(C)/N=C/C(F)(F)F. The van der Waals surface area contributed by atoms with Crippen LogP contribution in [0.4, 0.5) is 13.2 Å². The second-order valence-electron chi connectivity index (χ2n) is 2.05. The molecule has 0 aromatic carbocycles. The van der Waals surface area contributed by atoms with Gasteiger partial charge in [-0.1, -0.05) is 6.58 Å². The quantitative estimate of drug-likeness (QED) is 0.452. The molecule has 5 heteroatoms. The Labute approximate surface area is 63.0 Å². The fourth-order valence-electron chi connectivity index (χ4n) is 0.251. The van der Waals surface area contributed by atoms with Crippen molar-refractivity contribution in [3.63, 3.8) is 0 Å². The predicted octanol–water partition coefficient (Wildman–Crippen LogP) is 2.00. The zero-order valence-corrected chi connectivity index (χ0v) is 6.31. The Balaban J connectivity index is 4.04. The molecule has 0 heterocycles. The number of alkyl halides is 3. The number of halogens is 3. The van der Waals surface area contributed by atoms with E-state index in [1.54, 1.807) is 6.92 Å². The first-order chi connectivity index (χ1) is 4.83. The maximum atomic E-state index is 11.5. The molecule has 0 radical (unpaired) electrons. The third-order valence-corrected chi connectivity index (χ3v) is 0.930. The molecule has 0 saturated heterocycles. The smallest absolute Gasteiger partial charge is 0.274 e. The molecule has 0 aromatic rings. The van der Waals surface area contributed by atoms with Crippen LogP contribution in [0.3, 0.4) is 0 Å². The molecule has 2 nitrogen and oxygen atoms in total. The molecular formula is C6H9F3N2. The van der Waals surface area contributed by atoms with Crippen molar-refractivity contribution in [2.45, 2.75) is 13.1 Å². The van der Waals surface area contributed by atoms with Gasteiger partial charge in [0.15, 0.2) is 0 Å². The molecule has 0 aliphatic carbocycles. The predicted molar refractivity (Wildman–Crippen MR) is 37.1 cm³/mol. The average Bonchev–Trinajstić information content (AvgIpc) is 1.80. The average molecular weight is 166 g/mol. The lowest BCUT2D eigenvalue weighted by Crippen LogP contribution is -2.14. The zero-order valence-electron chi connectivity index (χ0n) is 6.31. The normalized spacial score (nSPS) is 12.1. The number of allylic oxidation sites excluding steroid dienone is 1. The fraction of sp³-hybridized carbons (Fsp3) is 0.500. The molecule has 0 atom stereocenters. The third kappa shape index (κ3) is 5.44. The van der Waals surface area contributed by atoms with Gasteiger partial charge in [0.25, 0.3) is 0 Å². The van der Waals surface area contributed by atoms with Gasteiger partial charge in [-0.2, -0.15) is 18.3 Å². The summed E-state index contributed by atoms with van der Waals surface area (Å²) in [7, 11) is 1.39. The maximum Gasteiger partial charge on any atom is 0.428 e. The van der Waals surface area contributed by atoms with E-state index in [2.05, 4.69) is 11.7 Å². The van der Waals surface area contributed by atoms with Crippen molar-refractivity contribution in [1.29, 1.82) is 0 Å². The molecule has 0 amide bonds. The Hall–Kier alpha value is -1.00. The molecule has 64 valence electrons. The van der Waals surface area contributed by atoms with Gasteiger partial charge < -0.3 is 0 Å². The highest BCUT2D eigenvalue weighted by Gasteiger charge is 2.24. The molecule has 0 aromatic heterocycles. The number of nitrogens with zero attached hydrogens (tertiary/aromatic N) is 2. The highest BCUT2D eigenvalue weighted by atomic mass is 19.4. The van der Waals surface area contributed by atoms with Crippen molar-refractivity contribution >= 4 is 6.21 Å². The number of hydrogen-bond donors (Lipinski definition) is 0. The standard InChI is InChI=1S/C6H9F3N2/c1-5(2)11(3)10-4-6(7,8)9/h4H,1H2,2-3H3/b10-4+. The largest absolute Gasteiger partial charge is 0.428 e. The fourth-order valence-corrected chi connectivity index (χ4v) is 0.251. The Morgan fingerprint density at radius 1 is 1.55 bits per heavy atom. The highest BCUT2D eigenvalue weighted by molar-refractivity contribution is 5.63. The molecule has 0 spiro atoms. The Kier molecular flexibility index (Phi) is 3.10. The van der Waals surface area contributed by atoms with Crippen LogP contribution in [0.5, 0.6) is 0 Å². The van der Waals surface area contributed by atoms with E-state index in [-0.39, 0.29) is 6.21 Å². The summed E-state index contributed by atoms with van der Waals surface area (Å²) in [5, 5.41) is 4.13. The first-order valence-corrected chi connectivity index (χ1v) is 2.84. The second-order valence-corrected chi connectivity index (χ2v) is 2.05. The number of hydrogen-bond acceptors (Lipinski definition) is 2. The van der Waals surface area contributed by atoms with E-state index in [1.165, 1.54) is 7.05 Å². The van der Waals surface area contributed by atoms with Gasteiger partial charge in [-0.3, -0.25) is 5.01 Å². The second kappa shape index (κ2) is 3.41. The number of rotatable bonds is 2. The third-order valence-electron chi connectivity index (χ3n) is 0.930. The van der Waals surface area contributed by atoms with Gasteiger partial charge >= 0.3 is 6.18 Å². The molecule has 0 N–H and O–H groups in total. The Bertz CT molecular complexity index is 171. The monoisotopic (exact) mass is 166 g/mol. The summed E-state index contributed by atoms with van der Waals surface area (Å²) >= 11 is 0.